The second kappa shape index (κ2) is 7.89. The summed E-state index contributed by atoms with van der Waals surface area (Å²) >= 11 is 5.17. The number of hydrogen-bond acceptors (Lipinski definition) is 6. The van der Waals surface area contributed by atoms with E-state index in [1.54, 1.807) is 24.3 Å². The third kappa shape index (κ3) is 3.69. The lowest BCUT2D eigenvalue weighted by Crippen LogP contribution is -2.21. The van der Waals surface area contributed by atoms with Gasteiger partial charge in [-0.1, -0.05) is 30.3 Å². The number of rotatable bonds is 4. The van der Waals surface area contributed by atoms with Crippen LogP contribution in [0.15, 0.2) is 58.4 Å². The van der Waals surface area contributed by atoms with E-state index in [0.29, 0.717) is 5.69 Å². The van der Waals surface area contributed by atoms with E-state index in [9.17, 15) is 19.8 Å². The highest BCUT2D eigenvalue weighted by atomic mass is 32.1. The van der Waals surface area contributed by atoms with Crippen molar-refractivity contribution in [2.24, 2.45) is 5.10 Å². The van der Waals surface area contributed by atoms with Gasteiger partial charge in [-0.3, -0.25) is 19.1 Å². The number of carbonyl (C=O) groups is 1. The third-order valence-electron chi connectivity index (χ3n) is 3.99. The predicted molar refractivity (Wildman–Crippen MR) is 107 cm³/mol. The SMILES string of the molecule is Cc1ccccc1-n1c(O)c(/C=N/NC(=O)c2ccccc2O)c(=O)[nH]c1=S. The van der Waals surface area contributed by atoms with Crippen LogP contribution in [0.5, 0.6) is 11.6 Å². The summed E-state index contributed by atoms with van der Waals surface area (Å²) in [5, 5.41) is 24.0. The van der Waals surface area contributed by atoms with Crippen molar-refractivity contribution in [2.45, 2.75) is 6.92 Å². The van der Waals surface area contributed by atoms with E-state index < -0.39 is 17.3 Å². The Labute approximate surface area is 164 Å². The first-order chi connectivity index (χ1) is 13.4. The zero-order chi connectivity index (χ0) is 20.3. The number of H-pyrrole nitrogens is 1. The summed E-state index contributed by atoms with van der Waals surface area (Å²) in [6.07, 6.45) is 1.01. The summed E-state index contributed by atoms with van der Waals surface area (Å²) < 4.78 is 1.32. The largest absolute Gasteiger partial charge is 0.507 e. The molecule has 9 heteroatoms. The Hall–Kier alpha value is -3.72. The monoisotopic (exact) mass is 396 g/mol. The van der Waals surface area contributed by atoms with Crippen LogP contribution in [0.25, 0.3) is 5.69 Å². The molecule has 0 aliphatic rings. The molecular weight excluding hydrogens is 380 g/mol. The number of nitrogens with one attached hydrogen (secondary N) is 2. The van der Waals surface area contributed by atoms with Crippen molar-refractivity contribution >= 4 is 24.3 Å². The molecule has 2 aromatic carbocycles. The first kappa shape index (κ1) is 19.1. The van der Waals surface area contributed by atoms with Gasteiger partial charge < -0.3 is 10.2 Å². The molecule has 1 heterocycles. The number of nitrogens with zero attached hydrogens (tertiary/aromatic N) is 2. The molecule has 28 heavy (non-hydrogen) atoms. The minimum Gasteiger partial charge on any atom is -0.507 e. The second-order valence-electron chi connectivity index (χ2n) is 5.83. The van der Waals surface area contributed by atoms with Gasteiger partial charge in [-0.05, 0) is 42.9 Å². The van der Waals surface area contributed by atoms with Crippen LogP contribution in [0.4, 0.5) is 0 Å². The molecule has 0 bridgehead atoms. The van der Waals surface area contributed by atoms with Crippen molar-refractivity contribution in [3.8, 4) is 17.3 Å². The van der Waals surface area contributed by atoms with Crippen LogP contribution in [0, 0.1) is 11.7 Å². The Morgan fingerprint density at radius 2 is 1.86 bits per heavy atom. The molecule has 0 aliphatic carbocycles. The lowest BCUT2D eigenvalue weighted by molar-refractivity contribution is 0.0952. The van der Waals surface area contributed by atoms with Crippen molar-refractivity contribution in [3.63, 3.8) is 0 Å². The van der Waals surface area contributed by atoms with Crippen LogP contribution in [-0.2, 0) is 0 Å². The van der Waals surface area contributed by atoms with Crippen LogP contribution in [0.2, 0.25) is 0 Å². The molecule has 0 saturated heterocycles. The van der Waals surface area contributed by atoms with Gasteiger partial charge in [-0.25, -0.2) is 5.43 Å². The number of para-hydroxylation sites is 2. The van der Waals surface area contributed by atoms with Crippen LogP contribution < -0.4 is 11.0 Å². The number of phenolic OH excluding ortho intramolecular Hbond substituents is 1. The number of hydrogen-bond donors (Lipinski definition) is 4. The Balaban J connectivity index is 1.96. The van der Waals surface area contributed by atoms with Gasteiger partial charge in [0.25, 0.3) is 11.5 Å². The maximum absolute atomic E-state index is 12.2. The summed E-state index contributed by atoms with van der Waals surface area (Å²) in [6.45, 7) is 1.84. The standard InChI is InChI=1S/C19H16N4O4S/c1-11-6-2-4-8-14(11)23-18(27)13(16(25)21-19(23)28)10-20-22-17(26)12-7-3-5-9-15(12)24/h2-10,24,27H,1H3,(H,22,26)(H,21,25,28)/b20-10+. The summed E-state index contributed by atoms with van der Waals surface area (Å²) in [4.78, 5) is 26.7. The van der Waals surface area contributed by atoms with Crippen molar-refractivity contribution < 1.29 is 15.0 Å². The highest BCUT2D eigenvalue weighted by Gasteiger charge is 2.14. The van der Waals surface area contributed by atoms with Crippen LogP contribution in [0.3, 0.4) is 0 Å². The van der Waals surface area contributed by atoms with E-state index >= 15 is 0 Å². The lowest BCUT2D eigenvalue weighted by atomic mass is 10.2. The van der Waals surface area contributed by atoms with Gasteiger partial charge in [-0.15, -0.1) is 0 Å². The Morgan fingerprint density at radius 3 is 2.57 bits per heavy atom. The summed E-state index contributed by atoms with van der Waals surface area (Å²) in [5.74, 6) is -1.29. The minimum absolute atomic E-state index is 0.0205. The third-order valence-corrected chi connectivity index (χ3v) is 4.27. The first-order valence-corrected chi connectivity index (χ1v) is 8.56. The molecule has 0 radical (unpaired) electrons. The zero-order valence-corrected chi connectivity index (χ0v) is 15.5. The van der Waals surface area contributed by atoms with E-state index in [-0.39, 0.29) is 21.6 Å². The molecule has 8 nitrogen and oxygen atoms in total. The van der Waals surface area contributed by atoms with E-state index in [2.05, 4.69) is 15.5 Å². The number of amides is 1. The number of phenols is 1. The van der Waals surface area contributed by atoms with E-state index in [1.807, 2.05) is 19.1 Å². The van der Waals surface area contributed by atoms with Gasteiger partial charge in [0.15, 0.2) is 4.77 Å². The molecule has 0 spiro atoms. The predicted octanol–water partition coefficient (Wildman–Crippen LogP) is 2.38. The van der Waals surface area contributed by atoms with E-state index in [1.165, 1.54) is 16.7 Å². The second-order valence-corrected chi connectivity index (χ2v) is 6.22. The van der Waals surface area contributed by atoms with E-state index in [0.717, 1.165) is 11.8 Å². The van der Waals surface area contributed by atoms with E-state index in [4.69, 9.17) is 12.2 Å². The summed E-state index contributed by atoms with van der Waals surface area (Å²) in [5.41, 5.74) is 2.80. The van der Waals surface area contributed by atoms with Gasteiger partial charge in [0.1, 0.15) is 11.3 Å². The molecule has 0 aliphatic heterocycles. The topological polar surface area (TPSA) is 120 Å². The van der Waals surface area contributed by atoms with Gasteiger partial charge in [-0.2, -0.15) is 5.10 Å². The van der Waals surface area contributed by atoms with Crippen molar-refractivity contribution in [1.82, 2.24) is 15.0 Å². The lowest BCUT2D eigenvalue weighted by Gasteiger charge is -2.13. The summed E-state index contributed by atoms with van der Waals surface area (Å²) in [6, 6.07) is 13.1. The molecule has 142 valence electrons. The molecule has 4 N–H and O–H groups in total. The number of carbonyl (C=O) groups excluding carboxylic acids is 1. The summed E-state index contributed by atoms with van der Waals surface area (Å²) in [7, 11) is 0. The van der Waals surface area contributed by atoms with Gasteiger partial charge >= 0.3 is 0 Å². The van der Waals surface area contributed by atoms with Crippen molar-refractivity contribution in [1.29, 1.82) is 0 Å². The normalized spacial score (nSPS) is 10.9. The molecule has 0 atom stereocenters. The molecule has 3 rings (SSSR count). The number of aromatic nitrogens is 2. The minimum atomic E-state index is -0.670. The molecule has 1 aromatic heterocycles. The zero-order valence-electron chi connectivity index (χ0n) is 14.7. The average molecular weight is 396 g/mol. The van der Waals surface area contributed by atoms with Crippen molar-refractivity contribution in [2.75, 3.05) is 0 Å². The van der Waals surface area contributed by atoms with Crippen LogP contribution >= 0.6 is 12.2 Å². The number of hydrazone groups is 1. The quantitative estimate of drug-likeness (QED) is 0.307. The fourth-order valence-corrected chi connectivity index (χ4v) is 2.85. The van der Waals surface area contributed by atoms with Gasteiger partial charge in [0, 0.05) is 0 Å². The number of aryl methyl sites for hydroxylation is 1. The number of aromatic hydroxyl groups is 2. The Bertz CT molecular complexity index is 1200. The maximum Gasteiger partial charge on any atom is 0.275 e. The molecule has 3 aromatic rings. The molecular formula is C19H16N4O4S. The molecule has 0 unspecified atom stereocenters. The van der Waals surface area contributed by atoms with Gasteiger partial charge in [0.05, 0.1) is 17.5 Å². The Kier molecular flexibility index (Phi) is 5.37. The van der Waals surface area contributed by atoms with Crippen LogP contribution in [-0.4, -0.2) is 31.9 Å². The van der Waals surface area contributed by atoms with Gasteiger partial charge in [0.2, 0.25) is 5.88 Å². The smallest absolute Gasteiger partial charge is 0.275 e. The average Bonchev–Trinajstić information content (AvgIpc) is 2.66. The number of aromatic amines is 1. The fourth-order valence-electron chi connectivity index (χ4n) is 2.57. The molecule has 1 amide bonds. The first-order valence-electron chi connectivity index (χ1n) is 8.16. The fraction of sp³-hybridized carbons (Fsp3) is 0.0526. The number of benzene rings is 2. The van der Waals surface area contributed by atoms with Crippen LogP contribution in [0.1, 0.15) is 21.5 Å². The molecule has 0 fully saturated rings. The molecule has 0 saturated carbocycles. The Morgan fingerprint density at radius 1 is 1.18 bits per heavy atom. The van der Waals surface area contributed by atoms with Crippen molar-refractivity contribution in [3.05, 3.63) is 80.3 Å². The highest BCUT2D eigenvalue weighted by Crippen LogP contribution is 2.21. The highest BCUT2D eigenvalue weighted by molar-refractivity contribution is 7.71. The maximum atomic E-state index is 12.2.